The minimum absolute atomic E-state index is 0.0963. The summed E-state index contributed by atoms with van der Waals surface area (Å²) >= 11 is 0. The Morgan fingerprint density at radius 3 is 2.62 bits per heavy atom. The molecule has 2 rings (SSSR count). The molecule has 1 aromatic heterocycles. The lowest BCUT2D eigenvalue weighted by Gasteiger charge is -1.99. The SMILES string of the molecule is C1CC1.CCOC(=O)c1cc(C=O)ncn1. The second-order valence-electron chi connectivity index (χ2n) is 3.23. The summed E-state index contributed by atoms with van der Waals surface area (Å²) in [6, 6.07) is 1.28. The van der Waals surface area contributed by atoms with Gasteiger partial charge in [0.05, 0.1) is 6.61 Å². The quantitative estimate of drug-likeness (QED) is 0.574. The maximum absolute atomic E-state index is 11.1. The van der Waals surface area contributed by atoms with Crippen LogP contribution in [0.3, 0.4) is 0 Å². The number of rotatable bonds is 3. The Morgan fingerprint density at radius 2 is 2.12 bits per heavy atom. The number of nitrogens with zero attached hydrogens (tertiary/aromatic N) is 2. The minimum atomic E-state index is -0.548. The Balaban J connectivity index is 0.000000365. The van der Waals surface area contributed by atoms with Crippen molar-refractivity contribution in [2.75, 3.05) is 6.61 Å². The molecule has 1 saturated carbocycles. The van der Waals surface area contributed by atoms with Crippen molar-refractivity contribution in [3.05, 3.63) is 23.8 Å². The molecule has 0 N–H and O–H groups in total. The largest absolute Gasteiger partial charge is 0.461 e. The van der Waals surface area contributed by atoms with Crippen molar-refractivity contribution in [3.63, 3.8) is 0 Å². The van der Waals surface area contributed by atoms with Gasteiger partial charge < -0.3 is 4.74 Å². The monoisotopic (exact) mass is 222 g/mol. The molecule has 5 heteroatoms. The van der Waals surface area contributed by atoms with Gasteiger partial charge in [0.1, 0.15) is 12.0 Å². The van der Waals surface area contributed by atoms with E-state index in [9.17, 15) is 9.59 Å². The Hall–Kier alpha value is -1.78. The molecule has 1 aromatic rings. The number of aldehydes is 1. The van der Waals surface area contributed by atoms with E-state index in [1.807, 2.05) is 0 Å². The first kappa shape index (κ1) is 12.3. The molecule has 1 aliphatic carbocycles. The van der Waals surface area contributed by atoms with Crippen LogP contribution in [0.15, 0.2) is 12.4 Å². The number of esters is 1. The zero-order chi connectivity index (χ0) is 11.8. The zero-order valence-corrected chi connectivity index (χ0v) is 9.18. The van der Waals surface area contributed by atoms with Gasteiger partial charge in [-0.2, -0.15) is 0 Å². The van der Waals surface area contributed by atoms with Crippen LogP contribution < -0.4 is 0 Å². The molecule has 0 amide bonds. The van der Waals surface area contributed by atoms with Crippen molar-refractivity contribution in [3.8, 4) is 0 Å². The van der Waals surface area contributed by atoms with Crippen LogP contribution in [0.25, 0.3) is 0 Å². The predicted octanol–water partition coefficient (Wildman–Crippen LogP) is 1.64. The van der Waals surface area contributed by atoms with Crippen molar-refractivity contribution in [2.45, 2.75) is 26.2 Å². The highest BCUT2D eigenvalue weighted by atomic mass is 16.5. The minimum Gasteiger partial charge on any atom is -0.461 e. The summed E-state index contributed by atoms with van der Waals surface area (Å²) in [6.45, 7) is 1.97. The van der Waals surface area contributed by atoms with E-state index >= 15 is 0 Å². The highest BCUT2D eigenvalue weighted by Crippen LogP contribution is 2.14. The van der Waals surface area contributed by atoms with Crippen LogP contribution in [0.1, 0.15) is 47.2 Å². The molecule has 1 fully saturated rings. The van der Waals surface area contributed by atoms with E-state index in [1.165, 1.54) is 25.3 Å². The number of hydrogen-bond donors (Lipinski definition) is 0. The van der Waals surface area contributed by atoms with Crippen LogP contribution in [0.4, 0.5) is 0 Å². The summed E-state index contributed by atoms with van der Waals surface area (Å²) in [5, 5.41) is 0. The third-order valence-corrected chi connectivity index (χ3v) is 1.65. The third-order valence-electron chi connectivity index (χ3n) is 1.65. The fourth-order valence-corrected chi connectivity index (χ4v) is 0.753. The van der Waals surface area contributed by atoms with Gasteiger partial charge in [-0.1, -0.05) is 19.3 Å². The Kier molecular flexibility index (Phi) is 5.11. The van der Waals surface area contributed by atoms with E-state index in [-0.39, 0.29) is 18.0 Å². The van der Waals surface area contributed by atoms with Crippen molar-refractivity contribution >= 4 is 12.3 Å². The Labute approximate surface area is 93.9 Å². The summed E-state index contributed by atoms with van der Waals surface area (Å²) in [6.07, 6.45) is 6.19. The first-order chi connectivity index (χ1) is 7.77. The normalized spacial score (nSPS) is 12.1. The molecule has 16 heavy (non-hydrogen) atoms. The van der Waals surface area contributed by atoms with Crippen molar-refractivity contribution in [1.82, 2.24) is 9.97 Å². The fraction of sp³-hybridized carbons (Fsp3) is 0.455. The number of carbonyl (C=O) groups excluding carboxylic acids is 2. The van der Waals surface area contributed by atoms with E-state index < -0.39 is 5.97 Å². The topological polar surface area (TPSA) is 69.2 Å². The van der Waals surface area contributed by atoms with Gasteiger partial charge in [0.2, 0.25) is 0 Å². The van der Waals surface area contributed by atoms with Crippen LogP contribution in [-0.4, -0.2) is 28.8 Å². The molecule has 0 spiro atoms. The standard InChI is InChI=1S/C8H8N2O3.C3H6/c1-2-13-8(12)7-3-6(4-11)9-5-10-7;1-2-3-1/h3-5H,2H2,1H3;1-3H2. The molecule has 0 atom stereocenters. The van der Waals surface area contributed by atoms with Gasteiger partial charge >= 0.3 is 5.97 Å². The second kappa shape index (κ2) is 6.66. The van der Waals surface area contributed by atoms with Gasteiger partial charge in [-0.3, -0.25) is 4.79 Å². The maximum Gasteiger partial charge on any atom is 0.357 e. The van der Waals surface area contributed by atoms with Crippen molar-refractivity contribution < 1.29 is 14.3 Å². The number of hydrogen-bond acceptors (Lipinski definition) is 5. The molecule has 1 aliphatic rings. The van der Waals surface area contributed by atoms with Crippen LogP contribution >= 0.6 is 0 Å². The van der Waals surface area contributed by atoms with Gasteiger partial charge in [0.15, 0.2) is 12.0 Å². The second-order valence-corrected chi connectivity index (χ2v) is 3.23. The van der Waals surface area contributed by atoms with E-state index in [4.69, 9.17) is 0 Å². The van der Waals surface area contributed by atoms with E-state index in [2.05, 4.69) is 14.7 Å². The first-order valence-electron chi connectivity index (χ1n) is 5.22. The fourth-order valence-electron chi connectivity index (χ4n) is 0.753. The third kappa shape index (κ3) is 4.63. The van der Waals surface area contributed by atoms with Crippen LogP contribution in [-0.2, 0) is 4.74 Å². The summed E-state index contributed by atoms with van der Waals surface area (Å²) in [5.41, 5.74) is 0.261. The summed E-state index contributed by atoms with van der Waals surface area (Å²) in [4.78, 5) is 28.7. The highest BCUT2D eigenvalue weighted by molar-refractivity contribution is 5.88. The molecule has 1 heterocycles. The Morgan fingerprint density at radius 1 is 1.44 bits per heavy atom. The lowest BCUT2D eigenvalue weighted by molar-refractivity contribution is 0.0519. The zero-order valence-electron chi connectivity index (χ0n) is 9.18. The van der Waals surface area contributed by atoms with Crippen LogP contribution in [0.5, 0.6) is 0 Å². The molecule has 5 nitrogen and oxygen atoms in total. The first-order valence-corrected chi connectivity index (χ1v) is 5.22. The lowest BCUT2D eigenvalue weighted by Crippen LogP contribution is -2.08. The molecule has 0 unspecified atom stereocenters. The molecule has 86 valence electrons. The average molecular weight is 222 g/mol. The number of ether oxygens (including phenoxy) is 1. The molecule has 0 radical (unpaired) electrons. The lowest BCUT2D eigenvalue weighted by atomic mass is 10.3. The number of carbonyl (C=O) groups is 2. The predicted molar refractivity (Wildman–Crippen MR) is 57.2 cm³/mol. The van der Waals surface area contributed by atoms with Gasteiger partial charge in [0, 0.05) is 6.07 Å². The molecular formula is C11H14N2O3. The molecule has 0 aliphatic heterocycles. The van der Waals surface area contributed by atoms with E-state index in [0.29, 0.717) is 6.29 Å². The maximum atomic E-state index is 11.1. The number of aromatic nitrogens is 2. The molecule has 0 aromatic carbocycles. The highest BCUT2D eigenvalue weighted by Gasteiger charge is 2.08. The summed E-state index contributed by atoms with van der Waals surface area (Å²) in [5.74, 6) is -0.548. The average Bonchev–Trinajstić information content (AvgIpc) is 3.17. The van der Waals surface area contributed by atoms with Gasteiger partial charge in [-0.15, -0.1) is 0 Å². The van der Waals surface area contributed by atoms with Crippen molar-refractivity contribution in [2.24, 2.45) is 0 Å². The van der Waals surface area contributed by atoms with Gasteiger partial charge in [-0.25, -0.2) is 14.8 Å². The molecule has 0 bridgehead atoms. The van der Waals surface area contributed by atoms with Crippen LogP contribution in [0.2, 0.25) is 0 Å². The van der Waals surface area contributed by atoms with Gasteiger partial charge in [-0.05, 0) is 6.92 Å². The summed E-state index contributed by atoms with van der Waals surface area (Å²) in [7, 11) is 0. The van der Waals surface area contributed by atoms with E-state index in [0.717, 1.165) is 6.33 Å². The molecule has 0 saturated heterocycles. The van der Waals surface area contributed by atoms with Crippen LogP contribution in [0, 0.1) is 0 Å². The van der Waals surface area contributed by atoms with E-state index in [1.54, 1.807) is 6.92 Å². The van der Waals surface area contributed by atoms with Gasteiger partial charge in [0.25, 0.3) is 0 Å². The molecular weight excluding hydrogens is 208 g/mol. The summed E-state index contributed by atoms with van der Waals surface area (Å²) < 4.78 is 4.68. The van der Waals surface area contributed by atoms with Crippen molar-refractivity contribution in [1.29, 1.82) is 0 Å². The Bertz CT molecular complexity index is 361. The smallest absolute Gasteiger partial charge is 0.357 e.